The first-order valence-corrected chi connectivity index (χ1v) is 6.09. The molecule has 1 atom stereocenters. The minimum atomic E-state index is -0.685. The van der Waals surface area contributed by atoms with Crippen LogP contribution in [0.25, 0.3) is 0 Å². The normalized spacial score (nSPS) is 11.7. The summed E-state index contributed by atoms with van der Waals surface area (Å²) in [6.45, 7) is 1.61. The van der Waals surface area contributed by atoms with Crippen LogP contribution in [0.15, 0.2) is 41.1 Å². The van der Waals surface area contributed by atoms with Crippen molar-refractivity contribution in [1.29, 1.82) is 0 Å². The number of hydrogen-bond donors (Lipinski definition) is 0. The molecule has 2 aromatic heterocycles. The first-order valence-electron chi connectivity index (χ1n) is 6.09. The van der Waals surface area contributed by atoms with E-state index >= 15 is 0 Å². The monoisotopic (exact) mass is 291 g/mol. The van der Waals surface area contributed by atoms with Gasteiger partial charge in [-0.2, -0.15) is 4.73 Å². The van der Waals surface area contributed by atoms with Crippen LogP contribution in [0.4, 0.5) is 0 Å². The Kier molecular flexibility index (Phi) is 4.22. The summed E-state index contributed by atoms with van der Waals surface area (Å²) in [5.74, 6) is -0.858. The first-order chi connectivity index (χ1) is 10.0. The number of methoxy groups -OCH3 is 1. The first kappa shape index (κ1) is 14.6. The summed E-state index contributed by atoms with van der Waals surface area (Å²) in [4.78, 5) is 23.1. The van der Waals surface area contributed by atoms with Gasteiger partial charge in [-0.1, -0.05) is 0 Å². The number of esters is 2. The molecular formula is C14H13NO6. The molecule has 0 spiro atoms. The molecule has 0 aliphatic heterocycles. The van der Waals surface area contributed by atoms with E-state index in [4.69, 9.17) is 9.15 Å². The SMILES string of the molecule is COC(=O)c1ccc(C(C)OC(=O)c2cc[n+]([O-])cc2)o1. The summed E-state index contributed by atoms with van der Waals surface area (Å²) >= 11 is 0. The molecule has 0 aliphatic carbocycles. The van der Waals surface area contributed by atoms with Gasteiger partial charge >= 0.3 is 11.9 Å². The van der Waals surface area contributed by atoms with E-state index in [0.29, 0.717) is 10.5 Å². The maximum absolute atomic E-state index is 11.9. The molecule has 0 saturated heterocycles. The molecule has 7 nitrogen and oxygen atoms in total. The Bertz CT molecular complexity index is 646. The van der Waals surface area contributed by atoms with E-state index in [2.05, 4.69) is 4.74 Å². The van der Waals surface area contributed by atoms with Gasteiger partial charge < -0.3 is 19.1 Å². The third-order valence-corrected chi connectivity index (χ3v) is 2.74. The molecule has 7 heteroatoms. The van der Waals surface area contributed by atoms with Crippen molar-refractivity contribution in [2.75, 3.05) is 7.11 Å². The fourth-order valence-electron chi connectivity index (χ4n) is 1.62. The van der Waals surface area contributed by atoms with E-state index in [9.17, 15) is 14.8 Å². The lowest BCUT2D eigenvalue weighted by Gasteiger charge is -2.10. The van der Waals surface area contributed by atoms with Gasteiger partial charge in [0.2, 0.25) is 5.76 Å². The van der Waals surface area contributed by atoms with Crippen molar-refractivity contribution < 1.29 is 28.2 Å². The Hall–Kier alpha value is -2.83. The Labute approximate surface area is 120 Å². The number of pyridine rings is 1. The van der Waals surface area contributed by atoms with Gasteiger partial charge in [0.25, 0.3) is 0 Å². The average Bonchev–Trinajstić information content (AvgIpc) is 2.97. The van der Waals surface area contributed by atoms with Crippen molar-refractivity contribution in [3.05, 3.63) is 59.0 Å². The van der Waals surface area contributed by atoms with Gasteiger partial charge in [-0.05, 0) is 19.1 Å². The molecule has 0 fully saturated rings. The number of rotatable bonds is 4. The van der Waals surface area contributed by atoms with Crippen LogP contribution < -0.4 is 4.73 Å². The molecule has 0 amide bonds. The van der Waals surface area contributed by atoms with Crippen molar-refractivity contribution in [3.8, 4) is 0 Å². The van der Waals surface area contributed by atoms with Crippen molar-refractivity contribution >= 4 is 11.9 Å². The van der Waals surface area contributed by atoms with Crippen LogP contribution in [-0.2, 0) is 9.47 Å². The Morgan fingerprint density at radius 2 is 1.86 bits per heavy atom. The minimum Gasteiger partial charge on any atom is -0.619 e. The lowest BCUT2D eigenvalue weighted by atomic mass is 10.2. The summed E-state index contributed by atoms with van der Waals surface area (Å²) in [7, 11) is 1.24. The summed E-state index contributed by atoms with van der Waals surface area (Å²) < 4.78 is 15.5. The topological polar surface area (TPSA) is 92.7 Å². The Morgan fingerprint density at radius 3 is 2.48 bits per heavy atom. The van der Waals surface area contributed by atoms with Gasteiger partial charge in [-0.15, -0.1) is 0 Å². The molecule has 0 aromatic carbocycles. The zero-order valence-corrected chi connectivity index (χ0v) is 11.4. The van der Waals surface area contributed by atoms with Crippen LogP contribution in [0.2, 0.25) is 0 Å². The second kappa shape index (κ2) is 6.08. The quantitative estimate of drug-likeness (QED) is 0.483. The molecule has 0 N–H and O–H groups in total. The molecule has 2 aromatic rings. The van der Waals surface area contributed by atoms with Crippen LogP contribution in [0.3, 0.4) is 0 Å². The van der Waals surface area contributed by atoms with Gasteiger partial charge in [0, 0.05) is 12.1 Å². The van der Waals surface area contributed by atoms with Gasteiger partial charge in [-0.3, -0.25) is 0 Å². The molecule has 2 heterocycles. The highest BCUT2D eigenvalue weighted by atomic mass is 16.6. The minimum absolute atomic E-state index is 0.0301. The van der Waals surface area contributed by atoms with Crippen molar-refractivity contribution in [1.82, 2.24) is 0 Å². The second-order valence-corrected chi connectivity index (χ2v) is 4.19. The van der Waals surface area contributed by atoms with E-state index in [0.717, 1.165) is 0 Å². The number of hydrogen-bond acceptors (Lipinski definition) is 6. The fraction of sp³-hybridized carbons (Fsp3) is 0.214. The number of nitrogens with zero attached hydrogens (tertiary/aromatic N) is 1. The van der Waals surface area contributed by atoms with Crippen LogP contribution in [0.5, 0.6) is 0 Å². The lowest BCUT2D eigenvalue weighted by Crippen LogP contribution is -2.24. The molecule has 21 heavy (non-hydrogen) atoms. The summed E-state index contributed by atoms with van der Waals surface area (Å²) in [5.41, 5.74) is 0.244. The zero-order chi connectivity index (χ0) is 15.4. The molecule has 0 bridgehead atoms. The highest BCUT2D eigenvalue weighted by Gasteiger charge is 2.19. The number of aromatic nitrogens is 1. The average molecular weight is 291 g/mol. The third-order valence-electron chi connectivity index (χ3n) is 2.74. The van der Waals surface area contributed by atoms with E-state index in [1.165, 1.54) is 43.8 Å². The maximum atomic E-state index is 11.9. The molecule has 0 saturated carbocycles. The number of furan rings is 1. The predicted molar refractivity (Wildman–Crippen MR) is 69.3 cm³/mol. The highest BCUT2D eigenvalue weighted by molar-refractivity contribution is 5.89. The highest BCUT2D eigenvalue weighted by Crippen LogP contribution is 2.21. The van der Waals surface area contributed by atoms with Crippen molar-refractivity contribution in [3.63, 3.8) is 0 Å². The number of carbonyl (C=O) groups excluding carboxylic acids is 2. The number of carbonyl (C=O) groups is 2. The van der Waals surface area contributed by atoms with Crippen LogP contribution in [0, 0.1) is 5.21 Å². The van der Waals surface area contributed by atoms with Crippen molar-refractivity contribution in [2.24, 2.45) is 0 Å². The standard InChI is InChI=1S/C14H13NO6/c1-9(11-3-4-12(21-11)14(17)19-2)20-13(16)10-5-7-15(18)8-6-10/h3-9H,1-2H3. The smallest absolute Gasteiger partial charge is 0.373 e. The Balaban J connectivity index is 2.05. The van der Waals surface area contributed by atoms with E-state index in [1.54, 1.807) is 6.92 Å². The molecule has 0 radical (unpaired) electrons. The Morgan fingerprint density at radius 1 is 1.19 bits per heavy atom. The van der Waals surface area contributed by atoms with Gasteiger partial charge in [0.1, 0.15) is 5.76 Å². The summed E-state index contributed by atoms with van der Waals surface area (Å²) in [6, 6.07) is 5.67. The lowest BCUT2D eigenvalue weighted by molar-refractivity contribution is -0.605. The molecule has 2 rings (SSSR count). The van der Waals surface area contributed by atoms with Gasteiger partial charge in [0.15, 0.2) is 18.5 Å². The van der Waals surface area contributed by atoms with Crippen molar-refractivity contribution in [2.45, 2.75) is 13.0 Å². The molecule has 1 unspecified atom stereocenters. The molecular weight excluding hydrogens is 278 g/mol. The van der Waals surface area contributed by atoms with E-state index in [-0.39, 0.29) is 11.3 Å². The second-order valence-electron chi connectivity index (χ2n) is 4.19. The largest absolute Gasteiger partial charge is 0.619 e. The summed E-state index contributed by atoms with van der Waals surface area (Å²) in [5, 5.41) is 10.9. The van der Waals surface area contributed by atoms with E-state index in [1.807, 2.05) is 0 Å². The van der Waals surface area contributed by atoms with E-state index < -0.39 is 18.0 Å². The third kappa shape index (κ3) is 3.38. The molecule has 110 valence electrons. The molecule has 0 aliphatic rings. The van der Waals surface area contributed by atoms with Crippen LogP contribution in [-0.4, -0.2) is 19.0 Å². The van der Waals surface area contributed by atoms with Gasteiger partial charge in [-0.25, -0.2) is 9.59 Å². The zero-order valence-electron chi connectivity index (χ0n) is 11.4. The van der Waals surface area contributed by atoms with Crippen LogP contribution >= 0.6 is 0 Å². The maximum Gasteiger partial charge on any atom is 0.373 e. The predicted octanol–water partition coefficient (Wildman–Crippen LogP) is 1.62. The fourth-order valence-corrected chi connectivity index (χ4v) is 1.62. The van der Waals surface area contributed by atoms with Crippen LogP contribution in [0.1, 0.15) is 39.7 Å². The summed E-state index contributed by atoms with van der Waals surface area (Å²) in [6.07, 6.45) is 1.71. The number of ether oxygens (including phenoxy) is 2. The van der Waals surface area contributed by atoms with Gasteiger partial charge in [0.05, 0.1) is 12.7 Å².